The van der Waals surface area contributed by atoms with Crippen molar-refractivity contribution in [3.05, 3.63) is 36.0 Å². The zero-order valence-electron chi connectivity index (χ0n) is 6.57. The fourth-order valence-corrected chi connectivity index (χ4v) is 1.48. The molecule has 56 valence electrons. The van der Waals surface area contributed by atoms with Gasteiger partial charge in [0.05, 0.1) is 6.04 Å². The van der Waals surface area contributed by atoms with Gasteiger partial charge in [0.1, 0.15) is 0 Å². The molecule has 0 amide bonds. The predicted octanol–water partition coefficient (Wildman–Crippen LogP) is 2.13. The second-order valence-electron chi connectivity index (χ2n) is 3.02. The van der Waals surface area contributed by atoms with E-state index < -0.39 is 0 Å². The summed E-state index contributed by atoms with van der Waals surface area (Å²) in [5, 5.41) is 0. The van der Waals surface area contributed by atoms with E-state index in [4.69, 9.17) is 0 Å². The van der Waals surface area contributed by atoms with Crippen LogP contribution in [0.1, 0.15) is 6.92 Å². The highest BCUT2D eigenvalue weighted by Crippen LogP contribution is 2.22. The average molecular weight is 145 g/mol. The Hall–Kier alpha value is -1.11. The molecule has 0 aromatic heterocycles. The summed E-state index contributed by atoms with van der Waals surface area (Å²) in [5.74, 6) is 0.505. The molecule has 0 bridgehead atoms. The van der Waals surface area contributed by atoms with Crippen LogP contribution in [0.2, 0.25) is 0 Å². The molecule has 0 aromatic rings. The van der Waals surface area contributed by atoms with Crippen molar-refractivity contribution in [3.8, 4) is 0 Å². The SMILES string of the molecule is CC1=CC2C=CC=NC2C=C1. The molecule has 2 aliphatic rings. The Balaban J connectivity index is 2.29. The molecule has 0 aromatic carbocycles. The van der Waals surface area contributed by atoms with E-state index in [-0.39, 0.29) is 0 Å². The molecule has 1 heteroatoms. The Morgan fingerprint density at radius 3 is 3.18 bits per heavy atom. The summed E-state index contributed by atoms with van der Waals surface area (Å²) in [6.45, 7) is 2.12. The lowest BCUT2D eigenvalue weighted by Gasteiger charge is -2.20. The molecule has 2 rings (SSSR count). The van der Waals surface area contributed by atoms with Crippen molar-refractivity contribution < 1.29 is 0 Å². The second-order valence-corrected chi connectivity index (χ2v) is 3.02. The van der Waals surface area contributed by atoms with E-state index in [0.29, 0.717) is 12.0 Å². The van der Waals surface area contributed by atoms with Crippen LogP contribution in [0, 0.1) is 5.92 Å². The van der Waals surface area contributed by atoms with Crippen LogP contribution in [0.15, 0.2) is 40.9 Å². The largest absolute Gasteiger partial charge is 0.285 e. The van der Waals surface area contributed by atoms with E-state index >= 15 is 0 Å². The number of hydrogen-bond donors (Lipinski definition) is 0. The van der Waals surface area contributed by atoms with Crippen LogP contribution >= 0.6 is 0 Å². The second kappa shape index (κ2) is 2.50. The van der Waals surface area contributed by atoms with Crippen LogP contribution in [-0.4, -0.2) is 12.3 Å². The lowest BCUT2D eigenvalue weighted by molar-refractivity contribution is 0.677. The molecule has 0 saturated heterocycles. The maximum absolute atomic E-state index is 4.34. The Bertz CT molecular complexity index is 269. The van der Waals surface area contributed by atoms with Gasteiger partial charge in [0.2, 0.25) is 0 Å². The van der Waals surface area contributed by atoms with E-state index in [2.05, 4.69) is 36.2 Å². The number of hydrogen-bond acceptors (Lipinski definition) is 1. The van der Waals surface area contributed by atoms with Crippen molar-refractivity contribution in [2.45, 2.75) is 13.0 Å². The van der Waals surface area contributed by atoms with Gasteiger partial charge in [-0.2, -0.15) is 0 Å². The molecule has 0 N–H and O–H groups in total. The van der Waals surface area contributed by atoms with Gasteiger partial charge in [0.25, 0.3) is 0 Å². The standard InChI is InChI=1S/C10H11N/c1-8-4-5-10-9(7-8)3-2-6-11-10/h2-7,9-10H,1H3. The van der Waals surface area contributed by atoms with Crippen LogP contribution in [0.3, 0.4) is 0 Å². The monoisotopic (exact) mass is 145 g/mol. The number of allylic oxidation sites excluding steroid dienone is 3. The minimum atomic E-state index is 0.365. The van der Waals surface area contributed by atoms with Gasteiger partial charge in [0, 0.05) is 12.1 Å². The van der Waals surface area contributed by atoms with Gasteiger partial charge in [-0.3, -0.25) is 4.99 Å². The van der Waals surface area contributed by atoms with Gasteiger partial charge in [-0.1, -0.05) is 29.9 Å². The zero-order chi connectivity index (χ0) is 7.68. The van der Waals surface area contributed by atoms with Gasteiger partial charge in [-0.25, -0.2) is 0 Å². The van der Waals surface area contributed by atoms with Crippen LogP contribution in [0.5, 0.6) is 0 Å². The van der Waals surface area contributed by atoms with Crippen molar-refractivity contribution >= 4 is 6.21 Å². The number of nitrogens with zero attached hydrogens (tertiary/aromatic N) is 1. The minimum absolute atomic E-state index is 0.365. The fourth-order valence-electron chi connectivity index (χ4n) is 1.48. The topological polar surface area (TPSA) is 12.4 Å². The zero-order valence-corrected chi connectivity index (χ0v) is 6.57. The molecule has 11 heavy (non-hydrogen) atoms. The van der Waals surface area contributed by atoms with E-state index in [1.807, 2.05) is 12.3 Å². The fraction of sp³-hybridized carbons (Fsp3) is 0.300. The summed E-state index contributed by atoms with van der Waals surface area (Å²) >= 11 is 0. The summed E-state index contributed by atoms with van der Waals surface area (Å²) in [4.78, 5) is 4.34. The van der Waals surface area contributed by atoms with Crippen molar-refractivity contribution in [1.82, 2.24) is 0 Å². The number of dihydropyridines is 1. The Labute approximate surface area is 66.8 Å². The Morgan fingerprint density at radius 2 is 2.27 bits per heavy atom. The van der Waals surface area contributed by atoms with E-state index in [0.717, 1.165) is 0 Å². The smallest absolute Gasteiger partial charge is 0.0780 e. The molecule has 0 saturated carbocycles. The lowest BCUT2D eigenvalue weighted by Crippen LogP contribution is -2.17. The summed E-state index contributed by atoms with van der Waals surface area (Å²) in [6.07, 6.45) is 12.7. The van der Waals surface area contributed by atoms with E-state index in [1.54, 1.807) is 0 Å². The van der Waals surface area contributed by atoms with Gasteiger partial charge in [0.15, 0.2) is 0 Å². The molecule has 2 atom stereocenters. The molecule has 1 heterocycles. The highest BCUT2D eigenvalue weighted by Gasteiger charge is 2.16. The van der Waals surface area contributed by atoms with Gasteiger partial charge in [-0.05, 0) is 13.0 Å². The van der Waals surface area contributed by atoms with Crippen molar-refractivity contribution in [2.24, 2.45) is 10.9 Å². The van der Waals surface area contributed by atoms with Crippen LogP contribution < -0.4 is 0 Å². The van der Waals surface area contributed by atoms with Crippen LogP contribution in [0.4, 0.5) is 0 Å². The predicted molar refractivity (Wildman–Crippen MR) is 47.8 cm³/mol. The first-order valence-electron chi connectivity index (χ1n) is 3.93. The third kappa shape index (κ3) is 1.18. The summed E-state index contributed by atoms with van der Waals surface area (Å²) in [7, 11) is 0. The third-order valence-electron chi connectivity index (χ3n) is 2.08. The normalized spacial score (nSPS) is 33.4. The molecule has 0 radical (unpaired) electrons. The molecule has 2 unspecified atom stereocenters. The average Bonchev–Trinajstić information content (AvgIpc) is 2.04. The minimum Gasteiger partial charge on any atom is -0.285 e. The third-order valence-corrected chi connectivity index (χ3v) is 2.08. The molecule has 0 spiro atoms. The number of fused-ring (bicyclic) bond motifs is 1. The highest BCUT2D eigenvalue weighted by molar-refractivity contribution is 5.73. The quantitative estimate of drug-likeness (QED) is 0.495. The first-order chi connectivity index (χ1) is 5.36. The molecular formula is C10H11N. The first kappa shape index (κ1) is 6.59. The number of aliphatic imine (C=N–C) groups is 1. The summed E-state index contributed by atoms with van der Waals surface area (Å²) < 4.78 is 0. The summed E-state index contributed by atoms with van der Waals surface area (Å²) in [5.41, 5.74) is 1.34. The molecule has 1 nitrogen and oxygen atoms in total. The highest BCUT2D eigenvalue weighted by atomic mass is 14.8. The summed E-state index contributed by atoms with van der Waals surface area (Å²) in [6, 6.07) is 0.365. The maximum atomic E-state index is 4.34. The Morgan fingerprint density at radius 1 is 1.36 bits per heavy atom. The van der Waals surface area contributed by atoms with Crippen molar-refractivity contribution in [2.75, 3.05) is 0 Å². The molecule has 1 aliphatic carbocycles. The Kier molecular flexibility index (Phi) is 1.50. The van der Waals surface area contributed by atoms with Crippen molar-refractivity contribution in [1.29, 1.82) is 0 Å². The number of rotatable bonds is 0. The van der Waals surface area contributed by atoms with Crippen LogP contribution in [-0.2, 0) is 0 Å². The molecular weight excluding hydrogens is 134 g/mol. The maximum Gasteiger partial charge on any atom is 0.0780 e. The molecule has 1 aliphatic heterocycles. The van der Waals surface area contributed by atoms with Crippen molar-refractivity contribution in [3.63, 3.8) is 0 Å². The van der Waals surface area contributed by atoms with Crippen LogP contribution in [0.25, 0.3) is 0 Å². The van der Waals surface area contributed by atoms with E-state index in [1.165, 1.54) is 5.57 Å². The van der Waals surface area contributed by atoms with Gasteiger partial charge in [-0.15, -0.1) is 0 Å². The first-order valence-corrected chi connectivity index (χ1v) is 3.93. The molecule has 0 fully saturated rings. The van der Waals surface area contributed by atoms with Gasteiger partial charge >= 0.3 is 0 Å². The van der Waals surface area contributed by atoms with Gasteiger partial charge < -0.3 is 0 Å². The van der Waals surface area contributed by atoms with E-state index in [9.17, 15) is 0 Å². The lowest BCUT2D eigenvalue weighted by atomic mass is 9.91.